The first-order valence-corrected chi connectivity index (χ1v) is 6.16. The number of nitrogens with two attached hydrogens (primary N) is 1. The van der Waals surface area contributed by atoms with Gasteiger partial charge in [0.1, 0.15) is 6.04 Å². The van der Waals surface area contributed by atoms with Gasteiger partial charge in [0.2, 0.25) is 5.91 Å². The summed E-state index contributed by atoms with van der Waals surface area (Å²) in [4.78, 5) is 12.1. The fourth-order valence-electron chi connectivity index (χ4n) is 1.70. The van der Waals surface area contributed by atoms with Crippen LogP contribution in [0.25, 0.3) is 0 Å². The number of aryl methyl sites for hydroxylation is 2. The highest BCUT2D eigenvalue weighted by Gasteiger charge is 2.18. The third-order valence-electron chi connectivity index (χ3n) is 2.75. The molecule has 19 heavy (non-hydrogen) atoms. The zero-order valence-electron chi connectivity index (χ0n) is 10.7. The van der Waals surface area contributed by atoms with E-state index in [2.05, 4.69) is 10.4 Å². The lowest BCUT2D eigenvalue weighted by Crippen LogP contribution is -2.27. The molecule has 2 rings (SSSR count). The van der Waals surface area contributed by atoms with E-state index in [1.54, 1.807) is 36.3 Å². The smallest absolute Gasteiger partial charge is 0.246 e. The number of carbonyl (C=O) groups is 1. The standard InChI is InChI=1S/C13H15ClN4O/c1-8-3-4-10(14)11(5-8)17-13(19)12(15)9-6-16-18(2)7-9/h3-7,12H,15H2,1-2H3,(H,17,19). The lowest BCUT2D eigenvalue weighted by molar-refractivity contribution is -0.117. The topological polar surface area (TPSA) is 72.9 Å². The lowest BCUT2D eigenvalue weighted by Gasteiger charge is -2.12. The minimum absolute atomic E-state index is 0.319. The predicted molar refractivity (Wildman–Crippen MR) is 75.0 cm³/mol. The molecule has 0 spiro atoms. The Hall–Kier alpha value is -1.85. The van der Waals surface area contributed by atoms with E-state index in [1.165, 1.54) is 0 Å². The van der Waals surface area contributed by atoms with Crippen LogP contribution in [0.3, 0.4) is 0 Å². The fourth-order valence-corrected chi connectivity index (χ4v) is 1.86. The number of nitrogens with zero attached hydrogens (tertiary/aromatic N) is 2. The minimum Gasteiger partial charge on any atom is -0.323 e. The van der Waals surface area contributed by atoms with Crippen molar-refractivity contribution in [2.24, 2.45) is 12.8 Å². The molecule has 100 valence electrons. The van der Waals surface area contributed by atoms with Gasteiger partial charge in [0.15, 0.2) is 0 Å². The van der Waals surface area contributed by atoms with E-state index < -0.39 is 6.04 Å². The highest BCUT2D eigenvalue weighted by atomic mass is 35.5. The third-order valence-corrected chi connectivity index (χ3v) is 3.08. The van der Waals surface area contributed by atoms with Crippen LogP contribution in [0.4, 0.5) is 5.69 Å². The van der Waals surface area contributed by atoms with Crippen molar-refractivity contribution >= 4 is 23.2 Å². The van der Waals surface area contributed by atoms with Crippen molar-refractivity contribution < 1.29 is 4.79 Å². The average molecular weight is 279 g/mol. The maximum absolute atomic E-state index is 12.1. The second-order valence-corrected chi connectivity index (χ2v) is 4.80. The van der Waals surface area contributed by atoms with E-state index in [4.69, 9.17) is 17.3 Å². The molecular formula is C13H15ClN4O. The molecular weight excluding hydrogens is 264 g/mol. The Labute approximate surface area is 116 Å². The Kier molecular flexibility index (Phi) is 3.87. The van der Waals surface area contributed by atoms with E-state index in [0.29, 0.717) is 16.3 Å². The van der Waals surface area contributed by atoms with Crippen LogP contribution in [0.1, 0.15) is 17.2 Å². The molecule has 6 heteroatoms. The van der Waals surface area contributed by atoms with Crippen molar-refractivity contribution in [3.8, 4) is 0 Å². The number of carbonyl (C=O) groups excluding carboxylic acids is 1. The lowest BCUT2D eigenvalue weighted by atomic mass is 10.1. The molecule has 1 atom stereocenters. The first-order valence-electron chi connectivity index (χ1n) is 5.78. The van der Waals surface area contributed by atoms with Gasteiger partial charge in [-0.3, -0.25) is 9.48 Å². The molecule has 0 aliphatic heterocycles. The Morgan fingerprint density at radius 3 is 2.89 bits per heavy atom. The second-order valence-electron chi connectivity index (χ2n) is 4.40. The molecule has 1 unspecified atom stereocenters. The Morgan fingerprint density at radius 2 is 2.26 bits per heavy atom. The summed E-state index contributed by atoms with van der Waals surface area (Å²) in [5, 5.41) is 7.20. The number of amides is 1. The van der Waals surface area contributed by atoms with Gasteiger partial charge in [-0.15, -0.1) is 0 Å². The molecule has 0 radical (unpaired) electrons. The van der Waals surface area contributed by atoms with Crippen LogP contribution >= 0.6 is 11.6 Å². The zero-order chi connectivity index (χ0) is 14.0. The number of aromatic nitrogens is 2. The predicted octanol–water partition coefficient (Wildman–Crippen LogP) is 2.02. The van der Waals surface area contributed by atoms with Gasteiger partial charge in [-0.25, -0.2) is 0 Å². The molecule has 0 aliphatic rings. The van der Waals surface area contributed by atoms with Crippen molar-refractivity contribution in [3.05, 3.63) is 46.7 Å². The molecule has 0 bridgehead atoms. The summed E-state index contributed by atoms with van der Waals surface area (Å²) in [5.41, 5.74) is 8.11. The SMILES string of the molecule is Cc1ccc(Cl)c(NC(=O)C(N)c2cnn(C)c2)c1. The molecule has 1 aromatic carbocycles. The number of hydrogen-bond acceptors (Lipinski definition) is 3. The largest absolute Gasteiger partial charge is 0.323 e. The van der Waals surface area contributed by atoms with E-state index in [-0.39, 0.29) is 5.91 Å². The maximum atomic E-state index is 12.1. The Balaban J connectivity index is 2.14. The molecule has 0 saturated carbocycles. The summed E-state index contributed by atoms with van der Waals surface area (Å²) in [6.07, 6.45) is 3.28. The van der Waals surface area contributed by atoms with Gasteiger partial charge in [0, 0.05) is 18.8 Å². The van der Waals surface area contributed by atoms with Gasteiger partial charge in [-0.1, -0.05) is 17.7 Å². The van der Waals surface area contributed by atoms with E-state index in [1.807, 2.05) is 13.0 Å². The molecule has 5 nitrogen and oxygen atoms in total. The number of rotatable bonds is 3. The molecule has 0 fully saturated rings. The monoisotopic (exact) mass is 278 g/mol. The first kappa shape index (κ1) is 13.6. The summed E-state index contributed by atoms with van der Waals surface area (Å²) in [6, 6.07) is 4.64. The van der Waals surface area contributed by atoms with Gasteiger partial charge >= 0.3 is 0 Å². The van der Waals surface area contributed by atoms with Crippen molar-refractivity contribution in [3.63, 3.8) is 0 Å². The number of anilines is 1. The van der Waals surface area contributed by atoms with Crippen LogP contribution in [-0.4, -0.2) is 15.7 Å². The normalized spacial score (nSPS) is 12.2. The second kappa shape index (κ2) is 5.42. The van der Waals surface area contributed by atoms with Crippen molar-refractivity contribution in [2.75, 3.05) is 5.32 Å². The summed E-state index contributed by atoms with van der Waals surface area (Å²) in [7, 11) is 1.77. The Bertz CT molecular complexity index is 608. The average Bonchev–Trinajstić information content (AvgIpc) is 2.79. The number of benzene rings is 1. The zero-order valence-corrected chi connectivity index (χ0v) is 11.5. The summed E-state index contributed by atoms with van der Waals surface area (Å²) < 4.78 is 1.60. The van der Waals surface area contributed by atoms with Crippen LogP contribution in [0.5, 0.6) is 0 Å². The Morgan fingerprint density at radius 1 is 1.53 bits per heavy atom. The highest BCUT2D eigenvalue weighted by molar-refractivity contribution is 6.33. The van der Waals surface area contributed by atoms with Gasteiger partial charge in [0.25, 0.3) is 0 Å². The molecule has 1 heterocycles. The van der Waals surface area contributed by atoms with Gasteiger partial charge in [-0.05, 0) is 24.6 Å². The highest BCUT2D eigenvalue weighted by Crippen LogP contribution is 2.23. The van der Waals surface area contributed by atoms with Crippen molar-refractivity contribution in [2.45, 2.75) is 13.0 Å². The third kappa shape index (κ3) is 3.13. The van der Waals surface area contributed by atoms with Crippen LogP contribution in [0.15, 0.2) is 30.6 Å². The van der Waals surface area contributed by atoms with Crippen LogP contribution in [-0.2, 0) is 11.8 Å². The van der Waals surface area contributed by atoms with Crippen LogP contribution in [0, 0.1) is 6.92 Å². The molecule has 0 aliphatic carbocycles. The van der Waals surface area contributed by atoms with Gasteiger partial charge in [-0.2, -0.15) is 5.10 Å². The molecule has 0 saturated heterocycles. The number of hydrogen-bond donors (Lipinski definition) is 2. The van der Waals surface area contributed by atoms with E-state index in [0.717, 1.165) is 5.56 Å². The van der Waals surface area contributed by atoms with Crippen molar-refractivity contribution in [1.29, 1.82) is 0 Å². The molecule has 1 amide bonds. The molecule has 1 aromatic heterocycles. The maximum Gasteiger partial charge on any atom is 0.246 e. The van der Waals surface area contributed by atoms with E-state index in [9.17, 15) is 4.79 Å². The van der Waals surface area contributed by atoms with Crippen LogP contribution < -0.4 is 11.1 Å². The summed E-state index contributed by atoms with van der Waals surface area (Å²) in [5.74, 6) is -0.319. The molecule has 2 aromatic rings. The first-order chi connectivity index (χ1) is 8.97. The number of nitrogens with one attached hydrogen (secondary N) is 1. The number of halogens is 1. The van der Waals surface area contributed by atoms with Gasteiger partial charge in [0.05, 0.1) is 16.9 Å². The minimum atomic E-state index is -0.773. The van der Waals surface area contributed by atoms with Crippen LogP contribution in [0.2, 0.25) is 5.02 Å². The van der Waals surface area contributed by atoms with Crippen molar-refractivity contribution in [1.82, 2.24) is 9.78 Å². The summed E-state index contributed by atoms with van der Waals surface area (Å²) >= 11 is 6.02. The van der Waals surface area contributed by atoms with Gasteiger partial charge < -0.3 is 11.1 Å². The fraction of sp³-hybridized carbons (Fsp3) is 0.231. The quantitative estimate of drug-likeness (QED) is 0.902. The summed E-state index contributed by atoms with van der Waals surface area (Å²) in [6.45, 7) is 1.92. The van der Waals surface area contributed by atoms with E-state index >= 15 is 0 Å². The molecule has 3 N–H and O–H groups in total.